The van der Waals surface area contributed by atoms with Crippen LogP contribution in [-0.4, -0.2) is 53.6 Å². The number of amides is 2. The van der Waals surface area contributed by atoms with Gasteiger partial charge in [-0.2, -0.15) is 11.8 Å². The predicted molar refractivity (Wildman–Crippen MR) is 72.8 cm³/mol. The molecule has 18 heavy (non-hydrogen) atoms. The second kappa shape index (κ2) is 6.87. The molecule has 0 aromatic carbocycles. The zero-order valence-electron chi connectivity index (χ0n) is 11.3. The number of hydrogen-bond acceptors (Lipinski definition) is 4. The van der Waals surface area contributed by atoms with Crippen LogP contribution in [0.3, 0.4) is 0 Å². The van der Waals surface area contributed by atoms with Gasteiger partial charge in [-0.15, -0.1) is 0 Å². The lowest BCUT2D eigenvalue weighted by atomic mass is 10.2. The van der Waals surface area contributed by atoms with Gasteiger partial charge in [0, 0.05) is 37.6 Å². The lowest BCUT2D eigenvalue weighted by molar-refractivity contribution is -0.130. The second-order valence-corrected chi connectivity index (χ2v) is 6.40. The number of nitrogens with one attached hydrogen (secondary N) is 1. The van der Waals surface area contributed by atoms with Gasteiger partial charge in [0.2, 0.25) is 5.91 Å². The fraction of sp³-hybridized carbons (Fsp3) is 0.833. The van der Waals surface area contributed by atoms with Gasteiger partial charge in [-0.3, -0.25) is 4.79 Å². The smallest absolute Gasteiger partial charge is 0.407 e. The van der Waals surface area contributed by atoms with Gasteiger partial charge in [0.05, 0.1) is 0 Å². The van der Waals surface area contributed by atoms with Crippen LogP contribution in [0.4, 0.5) is 4.79 Å². The standard InChI is InChI=1S/C12H22N2O3S/c1-12(2,3)17-11(16)13-5-4-10(15)14-6-8-18-9-7-14/h4-9H2,1-3H3,(H,13,16). The quantitative estimate of drug-likeness (QED) is 0.847. The zero-order chi connectivity index (χ0) is 13.6. The number of carbonyl (C=O) groups is 2. The molecule has 1 aliphatic heterocycles. The first-order chi connectivity index (χ1) is 8.38. The molecule has 1 rings (SSSR count). The SMILES string of the molecule is CC(C)(C)OC(=O)NCCC(=O)N1CCSCC1. The molecule has 1 heterocycles. The molecule has 1 aliphatic rings. The fourth-order valence-corrected chi connectivity index (χ4v) is 2.46. The molecule has 1 N–H and O–H groups in total. The molecule has 0 atom stereocenters. The summed E-state index contributed by atoms with van der Waals surface area (Å²) in [6, 6.07) is 0. The third-order valence-electron chi connectivity index (χ3n) is 2.37. The number of rotatable bonds is 3. The molecule has 0 aromatic rings. The predicted octanol–water partition coefficient (Wildman–Crippen LogP) is 1.48. The topological polar surface area (TPSA) is 58.6 Å². The molecule has 0 aromatic heterocycles. The van der Waals surface area contributed by atoms with Gasteiger partial charge < -0.3 is 15.0 Å². The van der Waals surface area contributed by atoms with Crippen LogP contribution in [-0.2, 0) is 9.53 Å². The van der Waals surface area contributed by atoms with Crippen LogP contribution in [0.15, 0.2) is 0 Å². The summed E-state index contributed by atoms with van der Waals surface area (Å²) >= 11 is 1.87. The van der Waals surface area contributed by atoms with E-state index in [1.54, 1.807) is 0 Å². The molecule has 0 aliphatic carbocycles. The second-order valence-electron chi connectivity index (χ2n) is 5.17. The van der Waals surface area contributed by atoms with Crippen molar-refractivity contribution in [3.63, 3.8) is 0 Å². The molecule has 104 valence electrons. The molecular formula is C12H22N2O3S. The van der Waals surface area contributed by atoms with Crippen LogP contribution in [0, 0.1) is 0 Å². The summed E-state index contributed by atoms with van der Waals surface area (Å²) in [6.07, 6.45) is -0.131. The van der Waals surface area contributed by atoms with Crippen LogP contribution in [0.2, 0.25) is 0 Å². The molecule has 0 bridgehead atoms. The molecule has 0 unspecified atom stereocenters. The van der Waals surface area contributed by atoms with E-state index in [1.165, 1.54) is 0 Å². The van der Waals surface area contributed by atoms with Gasteiger partial charge in [0.25, 0.3) is 0 Å². The minimum atomic E-state index is -0.502. The Hall–Kier alpha value is -0.910. The van der Waals surface area contributed by atoms with Crippen LogP contribution in [0.1, 0.15) is 27.2 Å². The van der Waals surface area contributed by atoms with Gasteiger partial charge in [-0.05, 0) is 20.8 Å². The molecular weight excluding hydrogens is 252 g/mol. The summed E-state index contributed by atoms with van der Waals surface area (Å²) < 4.78 is 5.09. The molecule has 0 radical (unpaired) electrons. The summed E-state index contributed by atoms with van der Waals surface area (Å²) in [6.45, 7) is 7.39. The number of alkyl carbamates (subject to hydrolysis) is 1. The molecule has 6 heteroatoms. The van der Waals surface area contributed by atoms with Gasteiger partial charge in [-0.25, -0.2) is 4.79 Å². The van der Waals surface area contributed by atoms with E-state index in [4.69, 9.17) is 4.74 Å². The van der Waals surface area contributed by atoms with Crippen molar-refractivity contribution in [3.8, 4) is 0 Å². The third-order valence-corrected chi connectivity index (χ3v) is 3.31. The zero-order valence-corrected chi connectivity index (χ0v) is 12.1. The van der Waals surface area contributed by atoms with E-state index in [9.17, 15) is 9.59 Å². The number of hydrogen-bond donors (Lipinski definition) is 1. The van der Waals surface area contributed by atoms with Gasteiger partial charge >= 0.3 is 6.09 Å². The number of ether oxygens (including phenoxy) is 1. The summed E-state index contributed by atoms with van der Waals surface area (Å²) in [7, 11) is 0. The third kappa shape index (κ3) is 6.14. The molecule has 2 amide bonds. The van der Waals surface area contributed by atoms with Crippen LogP contribution >= 0.6 is 11.8 Å². The Morgan fingerprint density at radius 2 is 1.89 bits per heavy atom. The van der Waals surface area contributed by atoms with Crippen molar-refractivity contribution in [2.24, 2.45) is 0 Å². The molecule has 0 saturated carbocycles. The summed E-state index contributed by atoms with van der Waals surface area (Å²) in [5, 5.41) is 2.60. The first-order valence-corrected chi connectivity index (χ1v) is 7.36. The molecule has 1 fully saturated rings. The van der Waals surface area contributed by atoms with Crippen LogP contribution in [0.25, 0.3) is 0 Å². The van der Waals surface area contributed by atoms with E-state index in [-0.39, 0.29) is 5.91 Å². The maximum Gasteiger partial charge on any atom is 0.407 e. The largest absolute Gasteiger partial charge is 0.444 e. The van der Waals surface area contributed by atoms with E-state index in [0.29, 0.717) is 13.0 Å². The Kier molecular flexibility index (Phi) is 5.78. The maximum atomic E-state index is 11.8. The van der Waals surface area contributed by atoms with E-state index >= 15 is 0 Å². The Balaban J connectivity index is 2.17. The lowest BCUT2D eigenvalue weighted by Crippen LogP contribution is -2.40. The van der Waals surface area contributed by atoms with E-state index < -0.39 is 11.7 Å². The molecule has 0 spiro atoms. The summed E-state index contributed by atoms with van der Waals surface area (Å²) in [5.74, 6) is 2.11. The van der Waals surface area contributed by atoms with Crippen molar-refractivity contribution in [1.29, 1.82) is 0 Å². The number of carbonyl (C=O) groups excluding carboxylic acids is 2. The van der Waals surface area contributed by atoms with E-state index in [2.05, 4.69) is 5.32 Å². The molecule has 5 nitrogen and oxygen atoms in total. The highest BCUT2D eigenvalue weighted by Crippen LogP contribution is 2.10. The normalized spacial score (nSPS) is 16.3. The maximum absolute atomic E-state index is 11.8. The first kappa shape index (κ1) is 15.1. The Bertz CT molecular complexity index is 296. The van der Waals surface area contributed by atoms with Gasteiger partial charge in [0.15, 0.2) is 0 Å². The van der Waals surface area contributed by atoms with E-state index in [0.717, 1.165) is 24.6 Å². The monoisotopic (exact) mass is 274 g/mol. The average molecular weight is 274 g/mol. The highest BCUT2D eigenvalue weighted by molar-refractivity contribution is 7.99. The van der Waals surface area contributed by atoms with Crippen molar-refractivity contribution in [1.82, 2.24) is 10.2 Å². The Labute approximate surface area is 113 Å². The lowest BCUT2D eigenvalue weighted by Gasteiger charge is -2.26. The summed E-state index contributed by atoms with van der Waals surface area (Å²) in [4.78, 5) is 25.0. The fourth-order valence-electron chi connectivity index (χ4n) is 1.56. The average Bonchev–Trinajstić information content (AvgIpc) is 2.27. The van der Waals surface area contributed by atoms with Crippen molar-refractivity contribution in [2.75, 3.05) is 31.1 Å². The van der Waals surface area contributed by atoms with Gasteiger partial charge in [-0.1, -0.05) is 0 Å². The number of nitrogens with zero attached hydrogens (tertiary/aromatic N) is 1. The first-order valence-electron chi connectivity index (χ1n) is 6.21. The van der Waals surface area contributed by atoms with Crippen molar-refractivity contribution < 1.29 is 14.3 Å². The Morgan fingerprint density at radius 3 is 2.44 bits per heavy atom. The molecule has 1 saturated heterocycles. The van der Waals surface area contributed by atoms with Crippen LogP contribution in [0.5, 0.6) is 0 Å². The summed E-state index contributed by atoms with van der Waals surface area (Å²) in [5.41, 5.74) is -0.502. The minimum Gasteiger partial charge on any atom is -0.444 e. The van der Waals surface area contributed by atoms with E-state index in [1.807, 2.05) is 37.4 Å². The van der Waals surface area contributed by atoms with Crippen molar-refractivity contribution in [2.45, 2.75) is 32.8 Å². The number of thioether (sulfide) groups is 1. The Morgan fingerprint density at radius 1 is 1.28 bits per heavy atom. The van der Waals surface area contributed by atoms with Crippen LogP contribution < -0.4 is 5.32 Å². The van der Waals surface area contributed by atoms with Crippen molar-refractivity contribution >= 4 is 23.8 Å². The highest BCUT2D eigenvalue weighted by Gasteiger charge is 2.18. The van der Waals surface area contributed by atoms with Crippen molar-refractivity contribution in [3.05, 3.63) is 0 Å². The van der Waals surface area contributed by atoms with Gasteiger partial charge in [0.1, 0.15) is 5.60 Å². The highest BCUT2D eigenvalue weighted by atomic mass is 32.2. The minimum absolute atomic E-state index is 0.103.